The molecule has 1 amide bonds. The third-order valence-electron chi connectivity index (χ3n) is 4.16. The van der Waals surface area contributed by atoms with Crippen LogP contribution in [0.2, 0.25) is 5.02 Å². The summed E-state index contributed by atoms with van der Waals surface area (Å²) in [5.74, 6) is -0.256. The molecule has 1 heterocycles. The third-order valence-corrected chi connectivity index (χ3v) is 4.39. The first-order valence-corrected chi connectivity index (χ1v) is 9.06. The summed E-state index contributed by atoms with van der Waals surface area (Å²) in [5.41, 5.74) is 2.18. The highest BCUT2D eigenvalue weighted by Crippen LogP contribution is 2.29. The van der Waals surface area contributed by atoms with Gasteiger partial charge in [0, 0.05) is 17.1 Å². The summed E-state index contributed by atoms with van der Waals surface area (Å²) in [5, 5.41) is 3.33. The molecule has 1 aliphatic rings. The van der Waals surface area contributed by atoms with Gasteiger partial charge in [0.05, 0.1) is 5.57 Å². The van der Waals surface area contributed by atoms with Gasteiger partial charge in [-0.15, -0.1) is 0 Å². The molecule has 1 atom stereocenters. The number of nitrogens with one attached hydrogen (secondary N) is 1. The van der Waals surface area contributed by atoms with E-state index >= 15 is 0 Å². The highest BCUT2D eigenvalue weighted by Gasteiger charge is 2.23. The third kappa shape index (κ3) is 5.11. The summed E-state index contributed by atoms with van der Waals surface area (Å²) in [4.78, 5) is 24.5. The number of hydrogen-bond acceptors (Lipinski definition) is 4. The van der Waals surface area contributed by atoms with Gasteiger partial charge in [0.25, 0.3) is 5.91 Å². The molecule has 1 aliphatic heterocycles. The Bertz CT molecular complexity index is 864. The number of carbonyl (C=O) groups excluding carboxylic acids is 2. The Morgan fingerprint density at radius 3 is 2.78 bits per heavy atom. The molecule has 1 N–H and O–H groups in total. The van der Waals surface area contributed by atoms with Crippen molar-refractivity contribution in [3.63, 3.8) is 0 Å². The van der Waals surface area contributed by atoms with Crippen LogP contribution in [0.1, 0.15) is 18.1 Å². The number of benzene rings is 2. The van der Waals surface area contributed by atoms with E-state index in [1.54, 1.807) is 31.2 Å². The lowest BCUT2D eigenvalue weighted by molar-refractivity contribution is -0.151. The van der Waals surface area contributed by atoms with Gasteiger partial charge in [0.15, 0.2) is 6.10 Å². The van der Waals surface area contributed by atoms with Gasteiger partial charge in [-0.25, -0.2) is 4.79 Å². The zero-order valence-electron chi connectivity index (χ0n) is 14.9. The van der Waals surface area contributed by atoms with Crippen molar-refractivity contribution < 1.29 is 19.1 Å². The number of amides is 1. The first kappa shape index (κ1) is 19.0. The highest BCUT2D eigenvalue weighted by molar-refractivity contribution is 6.30. The second kappa shape index (κ2) is 8.73. The van der Waals surface area contributed by atoms with Crippen LogP contribution in [0.5, 0.6) is 5.75 Å². The maximum absolute atomic E-state index is 12.3. The fraction of sp³-hybridized carbons (Fsp3) is 0.238. The molecule has 3 rings (SSSR count). The van der Waals surface area contributed by atoms with E-state index in [1.807, 2.05) is 30.3 Å². The molecule has 0 aromatic heterocycles. The lowest BCUT2D eigenvalue weighted by Gasteiger charge is -2.19. The Morgan fingerprint density at radius 2 is 2.00 bits per heavy atom. The van der Waals surface area contributed by atoms with Crippen LogP contribution in [-0.4, -0.2) is 31.1 Å². The molecule has 0 spiro atoms. The van der Waals surface area contributed by atoms with E-state index in [2.05, 4.69) is 5.32 Å². The molecule has 2 aromatic carbocycles. The van der Waals surface area contributed by atoms with E-state index in [1.165, 1.54) is 0 Å². The minimum atomic E-state index is -0.894. The number of fused-ring (bicyclic) bond motifs is 1. The summed E-state index contributed by atoms with van der Waals surface area (Å²) in [7, 11) is 0. The van der Waals surface area contributed by atoms with Crippen molar-refractivity contribution in [2.75, 3.05) is 13.2 Å². The van der Waals surface area contributed by atoms with Gasteiger partial charge in [0.2, 0.25) is 0 Å². The van der Waals surface area contributed by atoms with Crippen molar-refractivity contribution in [3.8, 4) is 5.75 Å². The van der Waals surface area contributed by atoms with Gasteiger partial charge < -0.3 is 14.8 Å². The molecule has 0 saturated carbocycles. The lowest BCUT2D eigenvalue weighted by Crippen LogP contribution is -2.37. The molecule has 0 aliphatic carbocycles. The van der Waals surface area contributed by atoms with Crippen LogP contribution < -0.4 is 10.1 Å². The van der Waals surface area contributed by atoms with Gasteiger partial charge in [-0.2, -0.15) is 0 Å². The number of hydrogen-bond donors (Lipinski definition) is 1. The molecule has 2 aromatic rings. The normalized spacial score (nSPS) is 13.6. The van der Waals surface area contributed by atoms with Gasteiger partial charge in [-0.1, -0.05) is 41.9 Å². The summed E-state index contributed by atoms with van der Waals surface area (Å²) >= 11 is 5.97. The molecule has 0 radical (unpaired) electrons. The first-order chi connectivity index (χ1) is 13.0. The number of carbonyl (C=O) groups is 2. The van der Waals surface area contributed by atoms with Gasteiger partial charge in [0.1, 0.15) is 12.4 Å². The van der Waals surface area contributed by atoms with E-state index < -0.39 is 12.1 Å². The van der Waals surface area contributed by atoms with E-state index in [4.69, 9.17) is 21.1 Å². The Kier molecular flexibility index (Phi) is 6.14. The number of halogens is 1. The predicted octanol–water partition coefficient (Wildman–Crippen LogP) is 3.41. The molecular weight excluding hydrogens is 366 g/mol. The second-order valence-corrected chi connectivity index (χ2v) is 6.65. The molecular formula is C21H20ClNO4. The van der Waals surface area contributed by atoms with E-state index in [9.17, 15) is 9.59 Å². The van der Waals surface area contributed by atoms with Crippen molar-refractivity contribution in [1.29, 1.82) is 0 Å². The number of esters is 1. The Morgan fingerprint density at radius 1 is 1.22 bits per heavy atom. The maximum atomic E-state index is 12.3. The fourth-order valence-corrected chi connectivity index (χ4v) is 2.86. The first-order valence-electron chi connectivity index (χ1n) is 8.68. The van der Waals surface area contributed by atoms with Crippen LogP contribution in [0.4, 0.5) is 0 Å². The number of rotatable bonds is 6. The van der Waals surface area contributed by atoms with Crippen LogP contribution in [0.25, 0.3) is 6.08 Å². The molecule has 6 heteroatoms. The van der Waals surface area contributed by atoms with Crippen molar-refractivity contribution in [1.82, 2.24) is 5.32 Å². The van der Waals surface area contributed by atoms with Crippen LogP contribution in [0.15, 0.2) is 54.1 Å². The minimum absolute atomic E-state index is 0.0931. The van der Waals surface area contributed by atoms with Gasteiger partial charge in [-0.05, 0) is 43.2 Å². The summed E-state index contributed by atoms with van der Waals surface area (Å²) in [6.45, 7) is 2.11. The lowest BCUT2D eigenvalue weighted by atomic mass is 10.1. The highest BCUT2D eigenvalue weighted by atomic mass is 35.5. The average molecular weight is 386 g/mol. The predicted molar refractivity (Wildman–Crippen MR) is 104 cm³/mol. The topological polar surface area (TPSA) is 64.6 Å². The Labute approximate surface area is 162 Å². The van der Waals surface area contributed by atoms with Crippen LogP contribution in [0.3, 0.4) is 0 Å². The fourth-order valence-electron chi connectivity index (χ4n) is 2.67. The quantitative estimate of drug-likeness (QED) is 0.774. The van der Waals surface area contributed by atoms with E-state index in [-0.39, 0.29) is 12.5 Å². The SMILES string of the molecule is CC(OC(=O)C1=Cc2cc(Cl)ccc2OC1)C(=O)NCCc1ccccc1. The zero-order valence-corrected chi connectivity index (χ0v) is 15.7. The zero-order chi connectivity index (χ0) is 19.2. The minimum Gasteiger partial charge on any atom is -0.488 e. The monoisotopic (exact) mass is 385 g/mol. The maximum Gasteiger partial charge on any atom is 0.338 e. The molecule has 0 fully saturated rings. The molecule has 5 nitrogen and oxygen atoms in total. The summed E-state index contributed by atoms with van der Waals surface area (Å²) in [6, 6.07) is 15.0. The average Bonchev–Trinajstić information content (AvgIpc) is 2.68. The molecule has 27 heavy (non-hydrogen) atoms. The van der Waals surface area contributed by atoms with Crippen molar-refractivity contribution in [3.05, 3.63) is 70.3 Å². The summed E-state index contributed by atoms with van der Waals surface area (Å²) in [6.07, 6.45) is 1.49. The smallest absolute Gasteiger partial charge is 0.338 e. The molecule has 0 bridgehead atoms. The summed E-state index contributed by atoms with van der Waals surface area (Å²) < 4.78 is 10.8. The Balaban J connectivity index is 1.52. The van der Waals surface area contributed by atoms with Crippen molar-refractivity contribution >= 4 is 29.6 Å². The largest absolute Gasteiger partial charge is 0.488 e. The molecule has 0 saturated heterocycles. The standard InChI is InChI=1S/C21H20ClNO4/c1-14(20(24)23-10-9-15-5-3-2-4-6-15)27-21(25)17-11-16-12-18(22)7-8-19(16)26-13-17/h2-8,11-12,14H,9-10,13H2,1H3,(H,23,24). The molecule has 1 unspecified atom stereocenters. The van der Waals surface area contributed by atoms with Crippen molar-refractivity contribution in [2.45, 2.75) is 19.4 Å². The van der Waals surface area contributed by atoms with Crippen LogP contribution in [0, 0.1) is 0 Å². The second-order valence-electron chi connectivity index (χ2n) is 6.21. The van der Waals surface area contributed by atoms with Gasteiger partial charge in [-0.3, -0.25) is 4.79 Å². The van der Waals surface area contributed by atoms with Crippen LogP contribution >= 0.6 is 11.6 Å². The van der Waals surface area contributed by atoms with E-state index in [0.29, 0.717) is 34.9 Å². The number of ether oxygens (including phenoxy) is 2. The van der Waals surface area contributed by atoms with Crippen LogP contribution in [-0.2, 0) is 20.7 Å². The molecule has 140 valence electrons. The van der Waals surface area contributed by atoms with Gasteiger partial charge >= 0.3 is 5.97 Å². The Hall–Kier alpha value is -2.79. The van der Waals surface area contributed by atoms with Crippen molar-refractivity contribution in [2.24, 2.45) is 0 Å². The van der Waals surface area contributed by atoms with E-state index in [0.717, 1.165) is 5.56 Å².